The minimum atomic E-state index is 0.922. The van der Waals surface area contributed by atoms with E-state index in [0.29, 0.717) is 0 Å². The molecule has 0 amide bonds. The molecule has 1 aromatic carbocycles. The van der Waals surface area contributed by atoms with Crippen molar-refractivity contribution in [2.24, 2.45) is 4.99 Å². The molecule has 0 spiro atoms. The number of rotatable bonds is 1. The smallest absolute Gasteiger partial charge is 0.168 e. The molecule has 2 aliphatic heterocycles. The summed E-state index contributed by atoms with van der Waals surface area (Å²) in [6.45, 7) is 4.13. The van der Waals surface area contributed by atoms with Gasteiger partial charge in [0.25, 0.3) is 0 Å². The second-order valence-electron chi connectivity index (χ2n) is 4.61. The number of aliphatic imine (C=N–C) groups is 1. The zero-order valence-corrected chi connectivity index (χ0v) is 13.5. The van der Waals surface area contributed by atoms with Crippen molar-refractivity contribution >= 4 is 60.0 Å². The summed E-state index contributed by atoms with van der Waals surface area (Å²) in [6.07, 6.45) is 0. The van der Waals surface area contributed by atoms with Crippen LogP contribution in [0.5, 0.6) is 0 Å². The highest BCUT2D eigenvalue weighted by molar-refractivity contribution is 9.10. The van der Waals surface area contributed by atoms with Gasteiger partial charge in [0, 0.05) is 37.0 Å². The second-order valence-corrected chi connectivity index (χ2v) is 7.62. The van der Waals surface area contributed by atoms with E-state index in [1.54, 1.807) is 11.8 Å². The van der Waals surface area contributed by atoms with Gasteiger partial charge in [0.15, 0.2) is 5.17 Å². The van der Waals surface area contributed by atoms with Crippen LogP contribution < -0.4 is 0 Å². The van der Waals surface area contributed by atoms with Crippen LogP contribution in [0.4, 0.5) is 0 Å². The molecule has 0 saturated carbocycles. The Bertz CT molecular complexity index is 745. The quantitative estimate of drug-likeness (QED) is 0.735. The first-order valence-electron chi connectivity index (χ1n) is 6.12. The highest BCUT2D eigenvalue weighted by Gasteiger charge is 2.32. The van der Waals surface area contributed by atoms with E-state index in [2.05, 4.69) is 56.3 Å². The maximum Gasteiger partial charge on any atom is 0.168 e. The maximum atomic E-state index is 4.56. The van der Waals surface area contributed by atoms with E-state index in [1.165, 1.54) is 31.4 Å². The van der Waals surface area contributed by atoms with Gasteiger partial charge in [-0.2, -0.15) is 0 Å². The summed E-state index contributed by atoms with van der Waals surface area (Å²) < 4.78 is 2.48. The normalized spacial score (nSPS) is 18.4. The first-order chi connectivity index (χ1) is 9.24. The zero-order valence-electron chi connectivity index (χ0n) is 10.3. The number of thiophene rings is 1. The minimum Gasteiger partial charge on any atom is -0.318 e. The second kappa shape index (κ2) is 4.36. The third-order valence-electron chi connectivity index (χ3n) is 3.44. The molecule has 0 bridgehead atoms. The summed E-state index contributed by atoms with van der Waals surface area (Å²) in [5.41, 5.74) is 2.70. The Morgan fingerprint density at radius 2 is 2.26 bits per heavy atom. The molecule has 19 heavy (non-hydrogen) atoms. The van der Waals surface area contributed by atoms with E-state index in [0.717, 1.165) is 17.6 Å². The molecule has 0 atom stereocenters. The molecule has 2 nitrogen and oxygen atoms in total. The van der Waals surface area contributed by atoms with Crippen LogP contribution in [0.25, 0.3) is 15.8 Å². The van der Waals surface area contributed by atoms with Crippen LogP contribution in [0.1, 0.15) is 12.5 Å². The van der Waals surface area contributed by atoms with E-state index in [-0.39, 0.29) is 0 Å². The maximum absolute atomic E-state index is 4.56. The van der Waals surface area contributed by atoms with Gasteiger partial charge < -0.3 is 4.90 Å². The molecule has 2 aliphatic rings. The SMILES string of the molecule is CC1=C(c2csc3ccc(Br)cc23)N2CCN=C2S1. The lowest BCUT2D eigenvalue weighted by Gasteiger charge is -2.16. The Morgan fingerprint density at radius 1 is 1.37 bits per heavy atom. The lowest BCUT2D eigenvalue weighted by molar-refractivity contribution is 0.649. The fraction of sp³-hybridized carbons (Fsp3) is 0.214. The number of benzene rings is 1. The standard InChI is InChI=1S/C14H11BrN2S2/c1-8-13(17-5-4-16-14(17)19-8)11-7-18-12-3-2-9(15)6-10(11)12/h2-3,6-7H,4-5H2,1H3. The third-order valence-corrected chi connectivity index (χ3v) is 5.93. The zero-order chi connectivity index (χ0) is 13.0. The molecule has 5 heteroatoms. The summed E-state index contributed by atoms with van der Waals surface area (Å²) in [6, 6.07) is 6.51. The van der Waals surface area contributed by atoms with Crippen molar-refractivity contribution in [1.82, 2.24) is 4.90 Å². The van der Waals surface area contributed by atoms with Crippen LogP contribution in [0, 0.1) is 0 Å². The Labute approximate surface area is 128 Å². The summed E-state index contributed by atoms with van der Waals surface area (Å²) in [5.74, 6) is 0. The van der Waals surface area contributed by atoms with Gasteiger partial charge in [-0.15, -0.1) is 11.3 Å². The van der Waals surface area contributed by atoms with Gasteiger partial charge in [0.1, 0.15) is 0 Å². The molecule has 0 radical (unpaired) electrons. The minimum absolute atomic E-state index is 0.922. The van der Waals surface area contributed by atoms with Crippen LogP contribution in [0.3, 0.4) is 0 Å². The van der Waals surface area contributed by atoms with Gasteiger partial charge in [0.05, 0.1) is 12.2 Å². The molecule has 0 aliphatic carbocycles. The summed E-state index contributed by atoms with van der Waals surface area (Å²) in [7, 11) is 0. The molecule has 0 fully saturated rings. The molecular formula is C14H11BrN2S2. The highest BCUT2D eigenvalue weighted by Crippen LogP contribution is 2.44. The number of nitrogens with zero attached hydrogens (tertiary/aromatic N) is 2. The van der Waals surface area contributed by atoms with Gasteiger partial charge in [-0.1, -0.05) is 27.7 Å². The Kier molecular flexibility index (Phi) is 2.76. The van der Waals surface area contributed by atoms with Crippen molar-refractivity contribution in [3.8, 4) is 0 Å². The molecule has 0 unspecified atom stereocenters. The lowest BCUT2D eigenvalue weighted by Crippen LogP contribution is -2.19. The summed E-state index contributed by atoms with van der Waals surface area (Å²) >= 11 is 7.20. The van der Waals surface area contributed by atoms with Gasteiger partial charge in [-0.3, -0.25) is 4.99 Å². The van der Waals surface area contributed by atoms with E-state index in [1.807, 2.05) is 11.3 Å². The molecular weight excluding hydrogens is 340 g/mol. The number of thioether (sulfide) groups is 1. The van der Waals surface area contributed by atoms with E-state index >= 15 is 0 Å². The molecule has 2 aromatic rings. The molecule has 3 heterocycles. The Morgan fingerprint density at radius 3 is 3.16 bits per heavy atom. The Balaban J connectivity index is 1.93. The third kappa shape index (κ3) is 1.79. The largest absolute Gasteiger partial charge is 0.318 e. The predicted octanol–water partition coefficient (Wildman–Crippen LogP) is 4.77. The number of hydrogen-bond donors (Lipinski definition) is 0. The number of fused-ring (bicyclic) bond motifs is 2. The number of allylic oxidation sites excluding steroid dienone is 1. The predicted molar refractivity (Wildman–Crippen MR) is 88.7 cm³/mol. The van der Waals surface area contributed by atoms with Gasteiger partial charge in [-0.25, -0.2) is 0 Å². The van der Waals surface area contributed by atoms with E-state index in [4.69, 9.17) is 0 Å². The van der Waals surface area contributed by atoms with Gasteiger partial charge in [-0.05, 0) is 25.1 Å². The van der Waals surface area contributed by atoms with Crippen LogP contribution in [0.15, 0.2) is 37.9 Å². The van der Waals surface area contributed by atoms with Crippen molar-refractivity contribution in [2.45, 2.75) is 6.92 Å². The fourth-order valence-corrected chi connectivity index (χ4v) is 4.94. The lowest BCUT2D eigenvalue weighted by atomic mass is 10.1. The first kappa shape index (κ1) is 12.0. The van der Waals surface area contributed by atoms with Crippen LogP contribution in [0.2, 0.25) is 0 Å². The van der Waals surface area contributed by atoms with Crippen molar-refractivity contribution in [3.63, 3.8) is 0 Å². The molecule has 0 N–H and O–H groups in total. The molecule has 96 valence electrons. The van der Waals surface area contributed by atoms with Gasteiger partial charge >= 0.3 is 0 Å². The van der Waals surface area contributed by atoms with E-state index < -0.39 is 0 Å². The Hall–Kier alpha value is -0.780. The number of halogens is 1. The van der Waals surface area contributed by atoms with Crippen molar-refractivity contribution in [1.29, 1.82) is 0 Å². The van der Waals surface area contributed by atoms with E-state index in [9.17, 15) is 0 Å². The average molecular weight is 351 g/mol. The van der Waals surface area contributed by atoms with Gasteiger partial charge in [0.2, 0.25) is 0 Å². The van der Waals surface area contributed by atoms with Crippen LogP contribution in [-0.4, -0.2) is 23.2 Å². The monoisotopic (exact) mass is 350 g/mol. The van der Waals surface area contributed by atoms with Crippen molar-refractivity contribution in [2.75, 3.05) is 13.1 Å². The van der Waals surface area contributed by atoms with Crippen LogP contribution >= 0.6 is 39.0 Å². The first-order valence-corrected chi connectivity index (χ1v) is 8.61. The van der Waals surface area contributed by atoms with Crippen molar-refractivity contribution < 1.29 is 0 Å². The average Bonchev–Trinajstić information content (AvgIpc) is 3.03. The topological polar surface area (TPSA) is 15.6 Å². The molecule has 0 saturated heterocycles. The molecule has 4 rings (SSSR count). The van der Waals surface area contributed by atoms with Crippen LogP contribution in [-0.2, 0) is 0 Å². The molecule has 1 aromatic heterocycles. The number of amidine groups is 1. The summed E-state index contributed by atoms with van der Waals surface area (Å²) in [4.78, 5) is 8.29. The highest BCUT2D eigenvalue weighted by atomic mass is 79.9. The fourth-order valence-electron chi connectivity index (χ4n) is 2.62. The number of hydrogen-bond acceptors (Lipinski definition) is 4. The van der Waals surface area contributed by atoms with Crippen molar-refractivity contribution in [3.05, 3.63) is 38.5 Å². The summed E-state index contributed by atoms with van der Waals surface area (Å²) in [5, 5.41) is 4.78.